The predicted octanol–water partition coefficient (Wildman–Crippen LogP) is 2.29. The zero-order chi connectivity index (χ0) is 31.5. The Labute approximate surface area is 262 Å². The molecular formula is C32H42N8O5. The van der Waals surface area contributed by atoms with Crippen molar-refractivity contribution in [3.63, 3.8) is 0 Å². The number of hydrogen-bond donors (Lipinski definition) is 3. The number of rotatable bonds is 10. The normalized spacial score (nSPS) is 20.7. The molecule has 6 rings (SSSR count). The van der Waals surface area contributed by atoms with Crippen LogP contribution < -0.4 is 16.0 Å². The van der Waals surface area contributed by atoms with Gasteiger partial charge >= 0.3 is 6.03 Å². The Morgan fingerprint density at radius 2 is 1.78 bits per heavy atom. The molecular weight excluding hydrogens is 576 g/mol. The van der Waals surface area contributed by atoms with Crippen molar-refractivity contribution in [3.05, 3.63) is 46.8 Å². The fourth-order valence-electron chi connectivity index (χ4n) is 7.09. The molecule has 2 saturated heterocycles. The van der Waals surface area contributed by atoms with E-state index >= 15 is 0 Å². The molecule has 1 aromatic heterocycles. The Hall–Kier alpha value is -4.26. The number of unbranched alkanes of at least 4 members (excludes halogenated alkanes) is 3. The van der Waals surface area contributed by atoms with Gasteiger partial charge in [-0.25, -0.2) is 4.79 Å². The molecule has 1 unspecified atom stereocenters. The lowest BCUT2D eigenvalue weighted by atomic mass is 10.0. The summed E-state index contributed by atoms with van der Waals surface area (Å²) in [7, 11) is 1.67. The van der Waals surface area contributed by atoms with Crippen molar-refractivity contribution in [2.75, 3.05) is 45.1 Å². The predicted molar refractivity (Wildman–Crippen MR) is 166 cm³/mol. The highest BCUT2D eigenvalue weighted by Crippen LogP contribution is 2.32. The number of benzene rings is 1. The van der Waals surface area contributed by atoms with Crippen LogP contribution in [0, 0.1) is 0 Å². The number of anilines is 1. The molecule has 240 valence electrons. The zero-order valence-corrected chi connectivity index (χ0v) is 25.8. The monoisotopic (exact) mass is 618 g/mol. The van der Waals surface area contributed by atoms with Gasteiger partial charge in [0.25, 0.3) is 11.8 Å². The Balaban J connectivity index is 0.900. The molecule has 3 N–H and O–H groups in total. The maximum absolute atomic E-state index is 13.2. The van der Waals surface area contributed by atoms with Crippen molar-refractivity contribution in [1.29, 1.82) is 0 Å². The highest BCUT2D eigenvalue weighted by molar-refractivity contribution is 6.25. The van der Waals surface area contributed by atoms with Crippen LogP contribution in [0.25, 0.3) is 0 Å². The number of carbonyl (C=O) groups excluding carboxylic acids is 5. The Kier molecular flexibility index (Phi) is 9.15. The van der Waals surface area contributed by atoms with Gasteiger partial charge in [0.2, 0.25) is 11.8 Å². The topological polar surface area (TPSA) is 149 Å². The molecule has 2 fully saturated rings. The fourth-order valence-corrected chi connectivity index (χ4v) is 7.09. The van der Waals surface area contributed by atoms with Crippen LogP contribution in [0.2, 0.25) is 0 Å². The van der Waals surface area contributed by atoms with Crippen LogP contribution in [0.3, 0.4) is 0 Å². The van der Waals surface area contributed by atoms with E-state index in [1.54, 1.807) is 25.2 Å². The lowest BCUT2D eigenvalue weighted by Crippen LogP contribution is -2.54. The van der Waals surface area contributed by atoms with E-state index in [0.717, 1.165) is 81.6 Å². The number of urea groups is 1. The molecule has 5 heterocycles. The summed E-state index contributed by atoms with van der Waals surface area (Å²) in [5.74, 6) is -1.97. The number of amides is 6. The number of carbonyl (C=O) groups is 5. The Morgan fingerprint density at radius 1 is 0.978 bits per heavy atom. The van der Waals surface area contributed by atoms with Crippen LogP contribution in [0.5, 0.6) is 0 Å². The fraction of sp³-hybridized carbons (Fsp3) is 0.562. The van der Waals surface area contributed by atoms with Gasteiger partial charge in [0.1, 0.15) is 6.04 Å². The number of likely N-dealkylation sites (tertiary alicyclic amines) is 1. The minimum Gasteiger partial charge on any atom is -0.384 e. The number of fused-ring (bicyclic) bond motifs is 2. The summed E-state index contributed by atoms with van der Waals surface area (Å²) in [4.78, 5) is 67.6. The summed E-state index contributed by atoms with van der Waals surface area (Å²) >= 11 is 0. The van der Waals surface area contributed by atoms with Crippen LogP contribution in [0.1, 0.15) is 89.4 Å². The largest absolute Gasteiger partial charge is 0.384 e. The second-order valence-electron chi connectivity index (χ2n) is 12.4. The van der Waals surface area contributed by atoms with Gasteiger partial charge in [0.05, 0.1) is 29.9 Å². The van der Waals surface area contributed by atoms with E-state index in [2.05, 4.69) is 25.5 Å². The van der Waals surface area contributed by atoms with E-state index in [1.165, 1.54) is 5.69 Å². The van der Waals surface area contributed by atoms with E-state index < -0.39 is 23.8 Å². The molecule has 1 aromatic carbocycles. The van der Waals surface area contributed by atoms with Gasteiger partial charge in [-0.05, 0) is 50.8 Å². The van der Waals surface area contributed by atoms with Gasteiger partial charge in [-0.2, -0.15) is 5.10 Å². The minimum atomic E-state index is -0.965. The number of nitrogens with zero attached hydrogens (tertiary/aromatic N) is 5. The van der Waals surface area contributed by atoms with E-state index in [4.69, 9.17) is 5.10 Å². The van der Waals surface area contributed by atoms with Gasteiger partial charge in [-0.1, -0.05) is 18.9 Å². The van der Waals surface area contributed by atoms with E-state index in [0.29, 0.717) is 35.9 Å². The van der Waals surface area contributed by atoms with E-state index in [9.17, 15) is 24.0 Å². The standard InChI is InChI=1S/C32H42N8O5/c1-33-32(45)38-18-13-25-21(20-38)19-35-40(25)22-11-16-37(17-12-22)15-5-3-2-4-14-34-24-8-6-7-23-28(24)31(44)39(30(23)43)26-9-10-27(41)36-29(26)42/h6-8,19,22,26,34H,2-5,9-18,20H2,1H3,(H,33,45)(H,36,41,42). The second-order valence-corrected chi connectivity index (χ2v) is 12.4. The first kappa shape index (κ1) is 30.8. The highest BCUT2D eigenvalue weighted by Gasteiger charge is 2.45. The van der Waals surface area contributed by atoms with E-state index in [-0.39, 0.29) is 24.8 Å². The molecule has 2 aromatic rings. The average molecular weight is 619 g/mol. The van der Waals surface area contributed by atoms with Crippen molar-refractivity contribution in [2.45, 2.75) is 76.4 Å². The number of nitrogens with one attached hydrogen (secondary N) is 3. The van der Waals surface area contributed by atoms with Crippen molar-refractivity contribution in [2.24, 2.45) is 0 Å². The Bertz CT molecular complexity index is 1480. The van der Waals surface area contributed by atoms with Crippen molar-refractivity contribution < 1.29 is 24.0 Å². The molecule has 13 heteroatoms. The third-order valence-corrected chi connectivity index (χ3v) is 9.55. The molecule has 0 bridgehead atoms. The van der Waals surface area contributed by atoms with Crippen LogP contribution in [0.15, 0.2) is 24.4 Å². The smallest absolute Gasteiger partial charge is 0.317 e. The first-order valence-electron chi connectivity index (χ1n) is 16.2. The molecule has 45 heavy (non-hydrogen) atoms. The maximum atomic E-state index is 13.2. The van der Waals surface area contributed by atoms with Crippen LogP contribution in [-0.2, 0) is 22.6 Å². The second kappa shape index (κ2) is 13.4. The van der Waals surface area contributed by atoms with Gasteiger partial charge in [-0.15, -0.1) is 0 Å². The number of aromatic nitrogens is 2. The molecule has 6 amide bonds. The molecule has 0 aliphatic carbocycles. The number of imide groups is 2. The molecule has 4 aliphatic heterocycles. The SMILES string of the molecule is CNC(=O)N1CCc2c(cnn2C2CCN(CCCCCCNc3cccc4c3C(=O)N(C3CCC(=O)NC3=O)C4=O)CC2)C1. The molecule has 0 radical (unpaired) electrons. The van der Waals surface area contributed by atoms with E-state index in [1.807, 2.05) is 11.1 Å². The zero-order valence-electron chi connectivity index (χ0n) is 25.8. The van der Waals surface area contributed by atoms with Crippen molar-refractivity contribution in [1.82, 2.24) is 35.1 Å². The van der Waals surface area contributed by atoms with Crippen LogP contribution >= 0.6 is 0 Å². The Morgan fingerprint density at radius 3 is 2.56 bits per heavy atom. The lowest BCUT2D eigenvalue weighted by Gasteiger charge is -2.34. The van der Waals surface area contributed by atoms with Crippen LogP contribution in [0.4, 0.5) is 10.5 Å². The third kappa shape index (κ3) is 6.31. The van der Waals surface area contributed by atoms with Crippen molar-refractivity contribution >= 4 is 35.3 Å². The summed E-state index contributed by atoms with van der Waals surface area (Å²) in [6.45, 7) is 5.23. The molecule has 13 nitrogen and oxygen atoms in total. The summed E-state index contributed by atoms with van der Waals surface area (Å²) in [5.41, 5.74) is 3.64. The lowest BCUT2D eigenvalue weighted by molar-refractivity contribution is -0.136. The third-order valence-electron chi connectivity index (χ3n) is 9.55. The molecule has 0 saturated carbocycles. The molecule has 0 spiro atoms. The number of piperidine rings is 2. The van der Waals surface area contributed by atoms with Crippen molar-refractivity contribution in [3.8, 4) is 0 Å². The molecule has 1 atom stereocenters. The van der Waals surface area contributed by atoms with Gasteiger partial charge < -0.3 is 20.4 Å². The summed E-state index contributed by atoms with van der Waals surface area (Å²) < 4.78 is 2.22. The average Bonchev–Trinajstić information content (AvgIpc) is 3.58. The number of hydrogen-bond acceptors (Lipinski definition) is 8. The summed E-state index contributed by atoms with van der Waals surface area (Å²) in [6.07, 6.45) is 9.43. The maximum Gasteiger partial charge on any atom is 0.317 e. The van der Waals surface area contributed by atoms with Gasteiger partial charge in [-0.3, -0.25) is 34.1 Å². The molecule has 4 aliphatic rings. The first-order chi connectivity index (χ1) is 21.9. The first-order valence-corrected chi connectivity index (χ1v) is 16.2. The van der Waals surface area contributed by atoms with Crippen LogP contribution in [-0.4, -0.2) is 100.0 Å². The summed E-state index contributed by atoms with van der Waals surface area (Å²) in [6, 6.07) is 4.56. The quantitative estimate of drug-likeness (QED) is 0.271. The minimum absolute atomic E-state index is 0.0356. The highest BCUT2D eigenvalue weighted by atomic mass is 16.2. The van der Waals surface area contributed by atoms with Gasteiger partial charge in [0, 0.05) is 63.0 Å². The van der Waals surface area contributed by atoms with Gasteiger partial charge in [0.15, 0.2) is 0 Å². The summed E-state index contributed by atoms with van der Waals surface area (Å²) in [5, 5.41) is 13.0.